The Morgan fingerprint density at radius 2 is 1.80 bits per heavy atom. The summed E-state index contributed by atoms with van der Waals surface area (Å²) in [5.74, 6) is 1.36. The fourth-order valence-electron chi connectivity index (χ4n) is 3.11. The van der Waals surface area contributed by atoms with Gasteiger partial charge in [0.15, 0.2) is 0 Å². The predicted octanol–water partition coefficient (Wildman–Crippen LogP) is 0.771. The van der Waals surface area contributed by atoms with Crippen molar-refractivity contribution in [2.24, 2.45) is 0 Å². The molecule has 7 nitrogen and oxygen atoms in total. The molecule has 1 aromatic heterocycles. The van der Waals surface area contributed by atoms with Crippen LogP contribution in [-0.4, -0.2) is 45.3 Å². The molecule has 3 rings (SSSR count). The minimum atomic E-state index is -0.296. The smallest absolute Gasteiger partial charge is 0.231 e. The van der Waals surface area contributed by atoms with Gasteiger partial charge in [-0.05, 0) is 25.7 Å². The molecule has 4 N–H and O–H groups in total. The molecule has 0 aromatic carbocycles. The van der Waals surface area contributed by atoms with Crippen molar-refractivity contribution in [1.82, 2.24) is 15.0 Å². The van der Waals surface area contributed by atoms with Gasteiger partial charge in [-0.15, -0.1) is 0 Å². The molecule has 20 heavy (non-hydrogen) atoms. The van der Waals surface area contributed by atoms with E-state index in [0.29, 0.717) is 11.9 Å². The third kappa shape index (κ3) is 2.63. The third-order valence-corrected chi connectivity index (χ3v) is 4.27. The van der Waals surface area contributed by atoms with Crippen molar-refractivity contribution < 1.29 is 5.11 Å². The fraction of sp³-hybridized carbons (Fsp3) is 0.769. The molecule has 1 saturated heterocycles. The number of hydrogen-bond acceptors (Lipinski definition) is 7. The summed E-state index contributed by atoms with van der Waals surface area (Å²) >= 11 is 0. The summed E-state index contributed by atoms with van der Waals surface area (Å²) in [6.45, 7) is 2.03. The lowest BCUT2D eigenvalue weighted by molar-refractivity contribution is 0.213. The zero-order valence-electron chi connectivity index (χ0n) is 11.7. The Balaban J connectivity index is 1.82. The summed E-state index contributed by atoms with van der Waals surface area (Å²) in [7, 11) is 0. The van der Waals surface area contributed by atoms with Crippen LogP contribution in [0.25, 0.3) is 0 Å². The van der Waals surface area contributed by atoms with Crippen LogP contribution >= 0.6 is 0 Å². The molecule has 0 amide bonds. The highest BCUT2D eigenvalue weighted by molar-refractivity contribution is 5.44. The van der Waals surface area contributed by atoms with E-state index in [0.717, 1.165) is 51.6 Å². The van der Waals surface area contributed by atoms with Crippen LogP contribution in [0.5, 0.6) is 0 Å². The summed E-state index contributed by atoms with van der Waals surface area (Å²) in [6.07, 6.45) is 6.44. The first-order chi connectivity index (χ1) is 9.71. The van der Waals surface area contributed by atoms with Crippen LogP contribution in [0.4, 0.5) is 17.8 Å². The maximum atomic E-state index is 9.65. The Morgan fingerprint density at radius 3 is 2.45 bits per heavy atom. The van der Waals surface area contributed by atoms with Gasteiger partial charge >= 0.3 is 0 Å². The van der Waals surface area contributed by atoms with Crippen LogP contribution in [0.1, 0.15) is 38.5 Å². The van der Waals surface area contributed by atoms with E-state index < -0.39 is 0 Å². The molecule has 1 aliphatic carbocycles. The van der Waals surface area contributed by atoms with E-state index in [-0.39, 0.29) is 18.1 Å². The molecule has 0 atom stereocenters. The van der Waals surface area contributed by atoms with Gasteiger partial charge in [0.2, 0.25) is 17.8 Å². The lowest BCUT2D eigenvalue weighted by Crippen LogP contribution is -2.40. The average Bonchev–Trinajstić information content (AvgIpc) is 3.09. The lowest BCUT2D eigenvalue weighted by Gasteiger charge is -2.28. The summed E-state index contributed by atoms with van der Waals surface area (Å²) in [6, 6.07) is 0. The van der Waals surface area contributed by atoms with Crippen LogP contribution in [0.2, 0.25) is 0 Å². The number of aliphatic hydroxyl groups is 1. The van der Waals surface area contributed by atoms with E-state index >= 15 is 0 Å². The van der Waals surface area contributed by atoms with Crippen molar-refractivity contribution in [3.8, 4) is 0 Å². The highest BCUT2D eigenvalue weighted by Crippen LogP contribution is 2.32. The second-order valence-corrected chi connectivity index (χ2v) is 5.78. The summed E-state index contributed by atoms with van der Waals surface area (Å²) < 4.78 is 0. The van der Waals surface area contributed by atoms with Crippen molar-refractivity contribution in [3.63, 3.8) is 0 Å². The van der Waals surface area contributed by atoms with Gasteiger partial charge in [-0.2, -0.15) is 15.0 Å². The Labute approximate surface area is 118 Å². The Kier molecular flexibility index (Phi) is 3.60. The first kappa shape index (κ1) is 13.4. The zero-order chi connectivity index (χ0) is 14.0. The molecule has 1 aromatic rings. The largest absolute Gasteiger partial charge is 0.394 e. The number of nitrogen functional groups attached to an aromatic ring is 1. The van der Waals surface area contributed by atoms with Crippen molar-refractivity contribution >= 4 is 17.8 Å². The first-order valence-corrected chi connectivity index (χ1v) is 7.36. The van der Waals surface area contributed by atoms with Gasteiger partial charge in [0, 0.05) is 13.1 Å². The average molecular weight is 278 g/mol. The van der Waals surface area contributed by atoms with Crippen molar-refractivity contribution in [3.05, 3.63) is 0 Å². The second kappa shape index (κ2) is 5.40. The van der Waals surface area contributed by atoms with E-state index in [1.54, 1.807) is 0 Å². The van der Waals surface area contributed by atoms with E-state index in [1.807, 2.05) is 0 Å². The van der Waals surface area contributed by atoms with Gasteiger partial charge in [0.05, 0.1) is 12.1 Å². The molecule has 0 spiro atoms. The second-order valence-electron chi connectivity index (χ2n) is 5.78. The molecular weight excluding hydrogens is 256 g/mol. The number of nitrogens with two attached hydrogens (primary N) is 1. The maximum Gasteiger partial charge on any atom is 0.231 e. The van der Waals surface area contributed by atoms with Gasteiger partial charge in [0.25, 0.3) is 0 Å². The Hall–Kier alpha value is -1.63. The zero-order valence-corrected chi connectivity index (χ0v) is 11.7. The topological polar surface area (TPSA) is 100 Å². The number of rotatable bonds is 4. The molecule has 0 bridgehead atoms. The van der Waals surface area contributed by atoms with E-state index in [9.17, 15) is 5.11 Å². The number of nitrogens with zero attached hydrogens (tertiary/aromatic N) is 4. The Bertz CT molecular complexity index is 468. The molecule has 1 saturated carbocycles. The van der Waals surface area contributed by atoms with Crippen LogP contribution < -0.4 is 16.0 Å². The van der Waals surface area contributed by atoms with Crippen LogP contribution in [0, 0.1) is 0 Å². The normalized spacial score (nSPS) is 21.4. The van der Waals surface area contributed by atoms with Gasteiger partial charge < -0.3 is 21.1 Å². The van der Waals surface area contributed by atoms with Gasteiger partial charge in [-0.3, -0.25) is 0 Å². The highest BCUT2D eigenvalue weighted by atomic mass is 16.3. The molecule has 0 unspecified atom stereocenters. The summed E-state index contributed by atoms with van der Waals surface area (Å²) in [5, 5.41) is 12.9. The van der Waals surface area contributed by atoms with Crippen LogP contribution in [0.3, 0.4) is 0 Å². The minimum Gasteiger partial charge on any atom is -0.394 e. The highest BCUT2D eigenvalue weighted by Gasteiger charge is 2.34. The SMILES string of the molecule is Nc1nc(NC2(CO)CCCC2)nc(N2CCCC2)n1. The fourth-order valence-corrected chi connectivity index (χ4v) is 3.11. The summed E-state index contributed by atoms with van der Waals surface area (Å²) in [4.78, 5) is 15.0. The lowest BCUT2D eigenvalue weighted by atomic mass is 9.99. The van der Waals surface area contributed by atoms with Crippen molar-refractivity contribution in [1.29, 1.82) is 0 Å². The minimum absolute atomic E-state index is 0.0949. The molecule has 1 aliphatic heterocycles. The molecular formula is C13H22N6O. The third-order valence-electron chi connectivity index (χ3n) is 4.27. The van der Waals surface area contributed by atoms with E-state index in [1.165, 1.54) is 0 Å². The summed E-state index contributed by atoms with van der Waals surface area (Å²) in [5.41, 5.74) is 5.50. The molecule has 2 fully saturated rings. The van der Waals surface area contributed by atoms with Gasteiger partial charge in [-0.25, -0.2) is 0 Å². The standard InChI is InChI=1S/C13H22N6O/c14-10-15-11(18-13(9-20)5-1-2-6-13)17-12(16-10)19-7-3-4-8-19/h20H,1-9H2,(H3,14,15,16,17,18). The van der Waals surface area contributed by atoms with E-state index in [2.05, 4.69) is 25.2 Å². The van der Waals surface area contributed by atoms with Crippen LogP contribution in [-0.2, 0) is 0 Å². The molecule has 7 heteroatoms. The molecule has 2 heterocycles. The van der Waals surface area contributed by atoms with Gasteiger partial charge in [0.1, 0.15) is 0 Å². The number of hydrogen-bond donors (Lipinski definition) is 3. The maximum absolute atomic E-state index is 9.65. The Morgan fingerprint density at radius 1 is 1.10 bits per heavy atom. The van der Waals surface area contributed by atoms with Gasteiger partial charge in [-0.1, -0.05) is 12.8 Å². The number of aliphatic hydroxyl groups excluding tert-OH is 1. The molecule has 2 aliphatic rings. The monoisotopic (exact) mass is 278 g/mol. The number of nitrogens with one attached hydrogen (secondary N) is 1. The first-order valence-electron chi connectivity index (χ1n) is 7.36. The van der Waals surface area contributed by atoms with Crippen molar-refractivity contribution in [2.75, 3.05) is 35.6 Å². The van der Waals surface area contributed by atoms with Crippen molar-refractivity contribution in [2.45, 2.75) is 44.1 Å². The molecule has 110 valence electrons. The number of aromatic nitrogens is 3. The molecule has 0 radical (unpaired) electrons. The quantitative estimate of drug-likeness (QED) is 0.748. The predicted molar refractivity (Wildman–Crippen MR) is 77.6 cm³/mol. The van der Waals surface area contributed by atoms with E-state index in [4.69, 9.17) is 5.73 Å². The van der Waals surface area contributed by atoms with Crippen LogP contribution in [0.15, 0.2) is 0 Å². The number of anilines is 3.